The van der Waals surface area contributed by atoms with Crippen molar-refractivity contribution in [3.63, 3.8) is 0 Å². The molecule has 0 aliphatic carbocycles. The molecule has 2 rings (SSSR count). The third-order valence-electron chi connectivity index (χ3n) is 2.75. The van der Waals surface area contributed by atoms with Gasteiger partial charge in [0.1, 0.15) is 0 Å². The van der Waals surface area contributed by atoms with Gasteiger partial charge in [-0.25, -0.2) is 4.99 Å². The summed E-state index contributed by atoms with van der Waals surface area (Å²) in [4.78, 5) is 39.1. The Morgan fingerprint density at radius 3 is 3.00 bits per heavy atom. The molecular weight excluding hydrogens is 305 g/mol. The average Bonchev–Trinajstić information content (AvgIpc) is 2.70. The quantitative estimate of drug-likeness (QED) is 0.353. The molecule has 2 heterocycles. The zero-order chi connectivity index (χ0) is 14.8. The van der Waals surface area contributed by atoms with E-state index in [0.29, 0.717) is 18.7 Å². The van der Waals surface area contributed by atoms with Crippen LogP contribution in [-0.4, -0.2) is 62.9 Å². The van der Waals surface area contributed by atoms with Gasteiger partial charge in [0.25, 0.3) is 5.91 Å². The van der Waals surface area contributed by atoms with Crippen LogP contribution in [0, 0.1) is 0 Å². The number of nitrogens with one attached hydrogen (secondary N) is 1. The van der Waals surface area contributed by atoms with Crippen LogP contribution in [0.4, 0.5) is 0 Å². The number of carbonyl (C=O) groups is 1. The van der Waals surface area contributed by atoms with Gasteiger partial charge in [0.05, 0.1) is 11.8 Å². The van der Waals surface area contributed by atoms with Crippen LogP contribution in [0.3, 0.4) is 0 Å². The number of carbonyl (C=O) groups excluding carboxylic acids is 1. The molecule has 5 N–H and O–H groups in total. The van der Waals surface area contributed by atoms with E-state index in [1.807, 2.05) is 4.90 Å². The summed E-state index contributed by atoms with van der Waals surface area (Å²) in [6.07, 6.45) is 1.87. The number of guanidine groups is 1. The number of nitrogens with two attached hydrogens (primary N) is 1. The van der Waals surface area contributed by atoms with Crippen LogP contribution in [0.1, 0.15) is 6.42 Å². The number of rotatable bonds is 6. The van der Waals surface area contributed by atoms with E-state index in [2.05, 4.69) is 15.3 Å². The molecule has 2 atom stereocenters. The summed E-state index contributed by atoms with van der Waals surface area (Å²) < 4.78 is 10.7. The van der Waals surface area contributed by atoms with Crippen LogP contribution in [0.5, 0.6) is 0 Å². The Morgan fingerprint density at radius 2 is 2.30 bits per heavy atom. The van der Waals surface area contributed by atoms with Crippen molar-refractivity contribution >= 4 is 37.6 Å². The Bertz CT molecular complexity index is 493. The number of nitrogens with zero attached hydrogens (tertiary/aromatic N) is 3. The van der Waals surface area contributed by atoms with E-state index in [9.17, 15) is 9.36 Å². The molecule has 0 aromatic heterocycles. The van der Waals surface area contributed by atoms with Crippen LogP contribution in [0.25, 0.3) is 0 Å². The van der Waals surface area contributed by atoms with Crippen molar-refractivity contribution < 1.29 is 19.1 Å². The molecule has 11 heteroatoms. The van der Waals surface area contributed by atoms with Gasteiger partial charge in [-0.2, -0.15) is 0 Å². The molecule has 0 saturated carbocycles. The third kappa shape index (κ3) is 3.95. The highest BCUT2D eigenvalue weighted by atomic mass is 32.2. The number of aliphatic imine (C=N–C) groups is 2. The molecule has 0 saturated heterocycles. The van der Waals surface area contributed by atoms with Gasteiger partial charge in [0, 0.05) is 6.54 Å². The molecule has 1 amide bonds. The highest BCUT2D eigenvalue weighted by Gasteiger charge is 2.38. The molecule has 9 nitrogen and oxygen atoms in total. The predicted molar refractivity (Wildman–Crippen MR) is 76.5 cm³/mol. The Labute approximate surface area is 119 Å². The highest BCUT2D eigenvalue weighted by Crippen LogP contribution is 2.38. The van der Waals surface area contributed by atoms with Gasteiger partial charge < -0.3 is 20.4 Å². The fourth-order valence-electron chi connectivity index (χ4n) is 1.93. The van der Waals surface area contributed by atoms with Crippen molar-refractivity contribution in [2.24, 2.45) is 15.7 Å². The lowest BCUT2D eigenvalue weighted by Gasteiger charge is -2.27. The zero-order valence-corrected chi connectivity index (χ0v) is 12.3. The van der Waals surface area contributed by atoms with Crippen LogP contribution in [-0.2, 0) is 9.36 Å². The van der Waals surface area contributed by atoms with E-state index < -0.39 is 19.8 Å². The Hall–Kier alpha value is -1.09. The smallest absolute Gasteiger partial charge is 0.335 e. The van der Waals surface area contributed by atoms with Gasteiger partial charge >= 0.3 is 7.60 Å². The van der Waals surface area contributed by atoms with Crippen molar-refractivity contribution in [2.75, 3.05) is 17.8 Å². The lowest BCUT2D eigenvalue weighted by atomic mass is 10.2. The Kier molecular flexibility index (Phi) is 4.69. The lowest BCUT2D eigenvalue weighted by molar-refractivity contribution is -0.122. The van der Waals surface area contributed by atoms with Gasteiger partial charge in [-0.15, -0.1) is 11.8 Å². The Morgan fingerprint density at radius 1 is 1.55 bits per heavy atom. The van der Waals surface area contributed by atoms with Gasteiger partial charge in [0.15, 0.2) is 18.2 Å². The molecule has 0 bridgehead atoms. The second-order valence-corrected chi connectivity index (χ2v) is 7.60. The SMILES string of the molecule is NC1=NC2C(N=CN2CCCSCP(=O)(O)O)C(=O)N1. The van der Waals surface area contributed by atoms with Crippen LogP contribution in [0.2, 0.25) is 0 Å². The van der Waals surface area contributed by atoms with Crippen molar-refractivity contribution in [3.8, 4) is 0 Å². The van der Waals surface area contributed by atoms with Crippen molar-refractivity contribution in [1.29, 1.82) is 0 Å². The molecule has 0 fully saturated rings. The molecule has 0 aromatic carbocycles. The molecule has 0 spiro atoms. The van der Waals surface area contributed by atoms with E-state index >= 15 is 0 Å². The summed E-state index contributed by atoms with van der Waals surface area (Å²) in [6, 6.07) is -0.565. The van der Waals surface area contributed by atoms with Crippen LogP contribution in [0.15, 0.2) is 9.98 Å². The molecule has 2 unspecified atom stereocenters. The summed E-state index contributed by atoms with van der Waals surface area (Å²) >= 11 is 1.20. The fraction of sp³-hybridized carbons (Fsp3) is 0.667. The molecule has 20 heavy (non-hydrogen) atoms. The van der Waals surface area contributed by atoms with Crippen molar-refractivity contribution in [1.82, 2.24) is 10.2 Å². The van der Waals surface area contributed by atoms with Crippen LogP contribution < -0.4 is 11.1 Å². The standard InChI is InChI=1S/C9H16N5O4PS/c10-9-12-7-6(8(15)13-9)11-4-14(7)2-1-3-20-5-19(16,17)18/h4,6-7H,1-3,5H2,(H2,16,17,18)(H3,10,12,13,15). The minimum atomic E-state index is -3.94. The Balaban J connectivity index is 1.77. The monoisotopic (exact) mass is 321 g/mol. The van der Waals surface area contributed by atoms with Gasteiger partial charge in [-0.1, -0.05) is 0 Å². The number of hydrogen-bond donors (Lipinski definition) is 4. The number of thioether (sulfide) groups is 1. The lowest BCUT2D eigenvalue weighted by Crippen LogP contribution is -2.53. The number of hydrogen-bond acceptors (Lipinski definition) is 7. The zero-order valence-electron chi connectivity index (χ0n) is 10.5. The molecular formula is C9H16N5O4PS. The largest absolute Gasteiger partial charge is 0.370 e. The van der Waals surface area contributed by atoms with Gasteiger partial charge in [-0.05, 0) is 12.2 Å². The highest BCUT2D eigenvalue weighted by molar-refractivity contribution is 8.04. The second-order valence-electron chi connectivity index (χ2n) is 4.42. The first-order valence-corrected chi connectivity index (χ1v) is 8.87. The van der Waals surface area contributed by atoms with E-state index in [-0.39, 0.29) is 17.4 Å². The normalized spacial score (nSPS) is 25.4. The first-order chi connectivity index (χ1) is 9.37. The predicted octanol–water partition coefficient (Wildman–Crippen LogP) is -1.27. The second kappa shape index (κ2) is 6.13. The minimum absolute atomic E-state index is 0.0858. The van der Waals surface area contributed by atoms with E-state index in [1.165, 1.54) is 11.8 Å². The minimum Gasteiger partial charge on any atom is -0.370 e. The molecule has 2 aliphatic rings. The molecule has 0 radical (unpaired) electrons. The summed E-state index contributed by atoms with van der Waals surface area (Å²) in [7, 11) is -3.94. The van der Waals surface area contributed by atoms with E-state index in [0.717, 1.165) is 0 Å². The van der Waals surface area contributed by atoms with E-state index in [1.54, 1.807) is 6.34 Å². The average molecular weight is 321 g/mol. The topological polar surface area (TPSA) is 141 Å². The summed E-state index contributed by atoms with van der Waals surface area (Å²) in [5.41, 5.74) is 5.33. The number of fused-ring (bicyclic) bond motifs is 1. The summed E-state index contributed by atoms with van der Waals surface area (Å²) in [5, 5.41) is 2.42. The number of amides is 1. The summed E-state index contributed by atoms with van der Waals surface area (Å²) in [6.45, 7) is 0.600. The molecule has 0 aromatic rings. The van der Waals surface area contributed by atoms with Crippen LogP contribution >= 0.6 is 19.4 Å². The third-order valence-corrected chi connectivity index (χ3v) is 5.41. The summed E-state index contributed by atoms with van der Waals surface area (Å²) in [5.74, 6) is 0.429. The van der Waals surface area contributed by atoms with Crippen molar-refractivity contribution in [2.45, 2.75) is 18.6 Å². The molecule has 112 valence electrons. The van der Waals surface area contributed by atoms with Gasteiger partial charge in [-0.3, -0.25) is 19.7 Å². The maximum absolute atomic E-state index is 11.6. The van der Waals surface area contributed by atoms with Gasteiger partial charge in [0.2, 0.25) is 0 Å². The van der Waals surface area contributed by atoms with E-state index in [4.69, 9.17) is 15.5 Å². The first kappa shape index (κ1) is 15.3. The fourth-order valence-corrected chi connectivity index (χ4v) is 3.73. The first-order valence-electron chi connectivity index (χ1n) is 5.92. The van der Waals surface area contributed by atoms with Crippen molar-refractivity contribution in [3.05, 3.63) is 0 Å². The maximum atomic E-state index is 11.6. The molecule has 2 aliphatic heterocycles. The maximum Gasteiger partial charge on any atom is 0.335 e.